The number of anilines is 1. The number of hydrogen-bond donors (Lipinski definition) is 1. The number of nitrogens with two attached hydrogens (primary N) is 1. The Balaban J connectivity index is 1.54. The minimum absolute atomic E-state index is 0.112. The Morgan fingerprint density at radius 3 is 2.47 bits per heavy atom. The first-order valence-electron chi connectivity index (χ1n) is 13.8. The number of fused-ring (bicyclic) bond motifs is 1. The molecule has 0 fully saturated rings. The third kappa shape index (κ3) is 5.52. The molecule has 0 unspecified atom stereocenters. The largest absolute Gasteiger partial charge is 0.480 e. The van der Waals surface area contributed by atoms with Gasteiger partial charge in [-0.3, -0.25) is 19.2 Å². The number of aromatic nitrogens is 8. The van der Waals surface area contributed by atoms with Gasteiger partial charge in [0.1, 0.15) is 17.6 Å². The van der Waals surface area contributed by atoms with Crippen LogP contribution >= 0.6 is 23.2 Å². The van der Waals surface area contributed by atoms with E-state index in [-0.39, 0.29) is 29.8 Å². The highest BCUT2D eigenvalue weighted by atomic mass is 35.5. The summed E-state index contributed by atoms with van der Waals surface area (Å²) in [6, 6.07) is 7.94. The van der Waals surface area contributed by atoms with Crippen molar-refractivity contribution in [2.75, 3.05) is 19.1 Å². The molecule has 1 aromatic carbocycles. The van der Waals surface area contributed by atoms with E-state index in [1.54, 1.807) is 30.1 Å². The topological polar surface area (TPSA) is 161 Å². The molecule has 1 aliphatic rings. The Morgan fingerprint density at radius 1 is 1.00 bits per heavy atom. The van der Waals surface area contributed by atoms with E-state index in [1.807, 2.05) is 16.7 Å². The van der Waals surface area contributed by atoms with E-state index >= 15 is 0 Å². The van der Waals surface area contributed by atoms with Crippen LogP contribution in [0.5, 0.6) is 11.9 Å². The number of methoxy groups -OCH3 is 2. The lowest BCUT2D eigenvalue weighted by molar-refractivity contribution is 0.0989. The molecule has 5 aromatic rings. The number of ether oxygens (including phenoxy) is 2. The van der Waals surface area contributed by atoms with E-state index < -0.39 is 17.5 Å². The van der Waals surface area contributed by atoms with Gasteiger partial charge in [-0.15, -0.1) is 5.10 Å². The van der Waals surface area contributed by atoms with Crippen LogP contribution in [0.2, 0.25) is 10.0 Å². The van der Waals surface area contributed by atoms with Crippen LogP contribution in [-0.4, -0.2) is 59.2 Å². The molecule has 232 valence electrons. The number of hydrogen-bond acceptors (Lipinski definition) is 10. The number of pyridine rings is 1. The second-order valence-electron chi connectivity index (χ2n) is 10.2. The van der Waals surface area contributed by atoms with Crippen molar-refractivity contribution < 1.29 is 14.3 Å². The van der Waals surface area contributed by atoms with Crippen molar-refractivity contribution in [2.24, 2.45) is 12.8 Å². The van der Waals surface area contributed by atoms with Crippen LogP contribution in [-0.2, 0) is 26.7 Å². The van der Waals surface area contributed by atoms with Crippen LogP contribution in [0.3, 0.4) is 0 Å². The zero-order valence-corrected chi connectivity index (χ0v) is 26.0. The molecule has 0 spiro atoms. The molecule has 1 amide bonds. The molecule has 45 heavy (non-hydrogen) atoms. The molecule has 0 aliphatic carbocycles. The van der Waals surface area contributed by atoms with E-state index in [4.69, 9.17) is 43.4 Å². The van der Waals surface area contributed by atoms with Gasteiger partial charge in [0.2, 0.25) is 5.88 Å². The van der Waals surface area contributed by atoms with Gasteiger partial charge in [-0.25, -0.2) is 9.97 Å². The SMILES string of the molecule is COc1ncc(-c2nc3c(n2CCCn2cc(CN)nn2)[C@H](c2ccc(Cl)cc2)N(c2cc(Cl)cn(C)c2=O)C3=O)c(OC)n1. The van der Waals surface area contributed by atoms with Gasteiger partial charge in [0.25, 0.3) is 11.5 Å². The number of imidazole rings is 1. The maximum atomic E-state index is 14.3. The normalized spacial score (nSPS) is 14.2. The molecule has 0 saturated heterocycles. The molecule has 16 heteroatoms. The highest BCUT2D eigenvalue weighted by molar-refractivity contribution is 6.31. The second kappa shape index (κ2) is 12.3. The third-order valence-corrected chi connectivity index (χ3v) is 7.89. The minimum atomic E-state index is -0.752. The standard InChI is InChI=1S/C29H28Cl2N10O4/c1-38-14-18(31)11-21(27(38)42)41-23(16-5-7-17(30)8-6-16)24-22(28(41)43)34-25(20-13-33-29(45-3)35-26(20)44-2)40(24)10-4-9-39-15-19(12-32)36-37-39/h5-8,11,13-15,23H,4,9-10,12,32H2,1-3H3/t23-/m0/s1. The maximum Gasteiger partial charge on any atom is 0.319 e. The van der Waals surface area contributed by atoms with Gasteiger partial charge in [0.15, 0.2) is 5.69 Å². The fourth-order valence-corrected chi connectivity index (χ4v) is 5.78. The van der Waals surface area contributed by atoms with Crippen molar-refractivity contribution >= 4 is 34.8 Å². The van der Waals surface area contributed by atoms with Gasteiger partial charge in [-0.2, -0.15) is 4.98 Å². The minimum Gasteiger partial charge on any atom is -0.480 e. The molecule has 6 rings (SSSR count). The van der Waals surface area contributed by atoms with E-state index in [0.717, 1.165) is 0 Å². The molecular formula is C29H28Cl2N10O4. The highest BCUT2D eigenvalue weighted by Gasteiger charge is 2.45. The number of benzene rings is 1. The number of carbonyl (C=O) groups excluding carboxylic acids is 1. The summed E-state index contributed by atoms with van der Waals surface area (Å²) in [6.07, 6.45) is 5.39. The molecule has 2 N–H and O–H groups in total. The Hall–Kier alpha value is -4.79. The van der Waals surface area contributed by atoms with Crippen LogP contribution < -0.4 is 25.7 Å². The molecule has 4 aromatic heterocycles. The van der Waals surface area contributed by atoms with Crippen LogP contribution in [0.25, 0.3) is 11.4 Å². The number of amides is 1. The lowest BCUT2D eigenvalue weighted by Gasteiger charge is -2.27. The number of nitrogens with zero attached hydrogens (tertiary/aromatic N) is 9. The van der Waals surface area contributed by atoms with Crippen molar-refractivity contribution in [1.82, 2.24) is 39.1 Å². The fourth-order valence-electron chi connectivity index (χ4n) is 5.40. The fraction of sp³-hybridized carbons (Fsp3) is 0.276. The summed E-state index contributed by atoms with van der Waals surface area (Å²) in [6.45, 7) is 1.18. The first kappa shape index (κ1) is 30.2. The molecule has 1 atom stereocenters. The van der Waals surface area contributed by atoms with Gasteiger partial charge in [-0.1, -0.05) is 40.5 Å². The summed E-state index contributed by atoms with van der Waals surface area (Å²) < 4.78 is 15.8. The Labute approximate surface area is 266 Å². The maximum absolute atomic E-state index is 14.3. The monoisotopic (exact) mass is 650 g/mol. The van der Waals surface area contributed by atoms with Crippen molar-refractivity contribution in [3.05, 3.63) is 92.0 Å². The number of rotatable bonds is 10. The van der Waals surface area contributed by atoms with Crippen LogP contribution in [0.4, 0.5) is 5.69 Å². The summed E-state index contributed by atoms with van der Waals surface area (Å²) in [7, 11) is 4.51. The number of halogens is 2. The predicted octanol–water partition coefficient (Wildman–Crippen LogP) is 3.25. The van der Waals surface area contributed by atoms with Crippen LogP contribution in [0.1, 0.15) is 39.9 Å². The number of carbonyl (C=O) groups is 1. The van der Waals surface area contributed by atoms with Crippen molar-refractivity contribution in [3.63, 3.8) is 0 Å². The van der Waals surface area contributed by atoms with Crippen molar-refractivity contribution in [3.8, 4) is 23.3 Å². The molecule has 5 heterocycles. The third-order valence-electron chi connectivity index (χ3n) is 7.43. The van der Waals surface area contributed by atoms with Gasteiger partial charge in [-0.05, 0) is 30.2 Å². The first-order valence-corrected chi connectivity index (χ1v) is 14.6. The highest BCUT2D eigenvalue weighted by Crippen LogP contribution is 2.44. The Kier molecular flexibility index (Phi) is 8.27. The summed E-state index contributed by atoms with van der Waals surface area (Å²) in [5.41, 5.74) is 8.00. The smallest absolute Gasteiger partial charge is 0.319 e. The van der Waals surface area contributed by atoms with Crippen LogP contribution in [0.15, 0.2) is 53.7 Å². The Morgan fingerprint density at radius 2 is 1.78 bits per heavy atom. The average molecular weight is 652 g/mol. The lowest BCUT2D eigenvalue weighted by Crippen LogP contribution is -2.35. The zero-order chi connectivity index (χ0) is 31.8. The molecular weight excluding hydrogens is 623 g/mol. The summed E-state index contributed by atoms with van der Waals surface area (Å²) in [4.78, 5) is 42.6. The average Bonchev–Trinajstić information content (AvgIpc) is 3.73. The number of aryl methyl sites for hydroxylation is 2. The van der Waals surface area contributed by atoms with Crippen molar-refractivity contribution in [2.45, 2.75) is 32.1 Å². The summed E-state index contributed by atoms with van der Waals surface area (Å²) in [5.74, 6) is 0.153. The molecule has 1 aliphatic heterocycles. The van der Waals surface area contributed by atoms with Crippen molar-refractivity contribution in [1.29, 1.82) is 0 Å². The van der Waals surface area contributed by atoms with E-state index in [1.165, 1.54) is 42.1 Å². The quantitative estimate of drug-likeness (QED) is 0.237. The molecule has 14 nitrogen and oxygen atoms in total. The predicted molar refractivity (Wildman–Crippen MR) is 166 cm³/mol. The zero-order valence-electron chi connectivity index (χ0n) is 24.5. The van der Waals surface area contributed by atoms with Gasteiger partial charge >= 0.3 is 6.01 Å². The van der Waals surface area contributed by atoms with E-state index in [0.29, 0.717) is 57.9 Å². The summed E-state index contributed by atoms with van der Waals surface area (Å²) in [5, 5.41) is 9.04. The van der Waals surface area contributed by atoms with Gasteiger partial charge in [0, 0.05) is 50.3 Å². The van der Waals surface area contributed by atoms with Gasteiger partial charge in [0.05, 0.1) is 36.2 Å². The van der Waals surface area contributed by atoms with E-state index in [2.05, 4.69) is 20.3 Å². The second-order valence-corrected chi connectivity index (χ2v) is 11.1. The lowest BCUT2D eigenvalue weighted by atomic mass is 10.0. The molecule has 0 radical (unpaired) electrons. The van der Waals surface area contributed by atoms with Crippen LogP contribution in [0, 0.1) is 0 Å². The van der Waals surface area contributed by atoms with E-state index in [9.17, 15) is 9.59 Å². The van der Waals surface area contributed by atoms with Gasteiger partial charge < -0.3 is 24.3 Å². The summed E-state index contributed by atoms with van der Waals surface area (Å²) >= 11 is 12.6. The first-order chi connectivity index (χ1) is 21.7. The molecule has 0 bridgehead atoms. The molecule has 0 saturated carbocycles. The Bertz CT molecular complexity index is 1950.